The molecule has 0 saturated heterocycles. The molecule has 128 valence electrons. The van der Waals surface area contributed by atoms with Crippen LogP contribution in [0.4, 0.5) is 5.69 Å². The Bertz CT molecular complexity index is 927. The normalized spacial score (nSPS) is 10.7. The highest BCUT2D eigenvalue weighted by Crippen LogP contribution is 2.29. The van der Waals surface area contributed by atoms with Crippen molar-refractivity contribution in [3.05, 3.63) is 69.0 Å². The van der Waals surface area contributed by atoms with Crippen LogP contribution in [0.15, 0.2) is 42.5 Å². The van der Waals surface area contributed by atoms with E-state index in [-0.39, 0.29) is 5.91 Å². The zero-order valence-electron chi connectivity index (χ0n) is 15.0. The molecule has 1 heterocycles. The number of hydrogen-bond acceptors (Lipinski definition) is 3. The third kappa shape index (κ3) is 4.15. The molecule has 1 aromatic heterocycles. The van der Waals surface area contributed by atoms with Gasteiger partial charge in [0.25, 0.3) is 0 Å². The molecule has 0 aliphatic heterocycles. The van der Waals surface area contributed by atoms with Gasteiger partial charge in [-0.1, -0.05) is 24.3 Å². The number of nitrogens with one attached hydrogen (secondary N) is 1. The Balaban J connectivity index is 1.75. The van der Waals surface area contributed by atoms with Gasteiger partial charge in [0.05, 0.1) is 12.1 Å². The lowest BCUT2D eigenvalue weighted by molar-refractivity contribution is -0.115. The maximum atomic E-state index is 12.3. The minimum absolute atomic E-state index is 0.0361. The number of thiazole rings is 1. The summed E-state index contributed by atoms with van der Waals surface area (Å²) in [4.78, 5) is 18.2. The van der Waals surface area contributed by atoms with E-state index in [0.717, 1.165) is 32.4 Å². The van der Waals surface area contributed by atoms with Crippen LogP contribution in [0.25, 0.3) is 11.3 Å². The number of anilines is 1. The molecule has 0 bridgehead atoms. The number of aromatic nitrogens is 1. The predicted octanol–water partition coefficient (Wildman–Crippen LogP) is 5.22. The topological polar surface area (TPSA) is 42.0 Å². The van der Waals surface area contributed by atoms with Crippen LogP contribution in [0.5, 0.6) is 0 Å². The van der Waals surface area contributed by atoms with Crippen molar-refractivity contribution in [3.63, 3.8) is 0 Å². The van der Waals surface area contributed by atoms with Crippen molar-refractivity contribution in [1.29, 1.82) is 0 Å². The summed E-state index contributed by atoms with van der Waals surface area (Å²) in [6, 6.07) is 14.2. The summed E-state index contributed by atoms with van der Waals surface area (Å²) < 4.78 is 0. The molecular formula is C21H22N2OS. The summed E-state index contributed by atoms with van der Waals surface area (Å²) in [5.41, 5.74) is 6.57. The van der Waals surface area contributed by atoms with Crippen molar-refractivity contribution in [3.8, 4) is 11.3 Å². The van der Waals surface area contributed by atoms with Crippen LogP contribution in [0.3, 0.4) is 0 Å². The Morgan fingerprint density at radius 1 is 1.04 bits per heavy atom. The molecule has 3 rings (SSSR count). The summed E-state index contributed by atoms with van der Waals surface area (Å²) in [7, 11) is 0. The zero-order chi connectivity index (χ0) is 18.0. The number of carbonyl (C=O) groups is 1. The quantitative estimate of drug-likeness (QED) is 0.700. The Hall–Kier alpha value is -2.46. The highest BCUT2D eigenvalue weighted by Gasteiger charge is 2.13. The van der Waals surface area contributed by atoms with Gasteiger partial charge in [-0.3, -0.25) is 4.79 Å². The van der Waals surface area contributed by atoms with Crippen LogP contribution in [-0.4, -0.2) is 10.9 Å². The van der Waals surface area contributed by atoms with Crippen molar-refractivity contribution in [2.45, 2.75) is 34.1 Å². The number of benzene rings is 2. The SMILES string of the molecule is Cc1cccc(NC(=O)Cc2nc(-c3ccc(C)c(C)c3)c(C)s2)c1. The third-order valence-corrected chi connectivity index (χ3v) is 5.21. The van der Waals surface area contributed by atoms with E-state index < -0.39 is 0 Å². The molecule has 1 amide bonds. The fourth-order valence-electron chi connectivity index (χ4n) is 2.75. The molecule has 0 aliphatic carbocycles. The molecule has 3 nitrogen and oxygen atoms in total. The van der Waals surface area contributed by atoms with E-state index in [1.807, 2.05) is 31.2 Å². The average Bonchev–Trinajstić information content (AvgIpc) is 2.90. The lowest BCUT2D eigenvalue weighted by Gasteiger charge is -2.05. The molecule has 0 radical (unpaired) electrons. The van der Waals surface area contributed by atoms with E-state index in [1.165, 1.54) is 11.1 Å². The molecule has 0 atom stereocenters. The van der Waals surface area contributed by atoms with Crippen LogP contribution < -0.4 is 5.32 Å². The van der Waals surface area contributed by atoms with Crippen molar-refractivity contribution in [1.82, 2.24) is 4.98 Å². The average molecular weight is 350 g/mol. The number of aryl methyl sites for hydroxylation is 4. The lowest BCUT2D eigenvalue weighted by Crippen LogP contribution is -2.14. The zero-order valence-corrected chi connectivity index (χ0v) is 15.8. The number of carbonyl (C=O) groups excluding carboxylic acids is 1. The second-order valence-corrected chi connectivity index (χ2v) is 7.69. The van der Waals surface area contributed by atoms with E-state index in [1.54, 1.807) is 11.3 Å². The Morgan fingerprint density at radius 3 is 2.56 bits per heavy atom. The lowest BCUT2D eigenvalue weighted by atomic mass is 10.0. The number of rotatable bonds is 4. The van der Waals surface area contributed by atoms with E-state index in [2.05, 4.69) is 44.3 Å². The molecule has 2 aromatic carbocycles. The van der Waals surface area contributed by atoms with Crippen molar-refractivity contribution in [2.24, 2.45) is 0 Å². The summed E-state index contributed by atoms with van der Waals surface area (Å²) >= 11 is 1.59. The largest absolute Gasteiger partial charge is 0.326 e. The predicted molar refractivity (Wildman–Crippen MR) is 105 cm³/mol. The highest BCUT2D eigenvalue weighted by atomic mass is 32.1. The summed E-state index contributed by atoms with van der Waals surface area (Å²) in [6.07, 6.45) is 0.296. The van der Waals surface area contributed by atoms with E-state index in [9.17, 15) is 4.79 Å². The van der Waals surface area contributed by atoms with Crippen molar-refractivity contribution in [2.75, 3.05) is 5.32 Å². The molecule has 3 aromatic rings. The monoisotopic (exact) mass is 350 g/mol. The van der Waals surface area contributed by atoms with Gasteiger partial charge >= 0.3 is 0 Å². The molecular weight excluding hydrogens is 328 g/mol. The van der Waals surface area contributed by atoms with Gasteiger partial charge in [-0.15, -0.1) is 11.3 Å². The van der Waals surface area contributed by atoms with Crippen molar-refractivity contribution >= 4 is 22.9 Å². The first kappa shape index (κ1) is 17.4. The Labute approximate surface area is 152 Å². The highest BCUT2D eigenvalue weighted by molar-refractivity contribution is 7.12. The van der Waals surface area contributed by atoms with E-state index >= 15 is 0 Å². The maximum Gasteiger partial charge on any atom is 0.231 e. The Morgan fingerprint density at radius 2 is 1.84 bits per heavy atom. The summed E-state index contributed by atoms with van der Waals surface area (Å²) in [5.74, 6) is -0.0361. The molecule has 0 unspecified atom stereocenters. The molecule has 25 heavy (non-hydrogen) atoms. The summed E-state index contributed by atoms with van der Waals surface area (Å²) in [5, 5.41) is 3.79. The fraction of sp³-hybridized carbons (Fsp3) is 0.238. The Kier molecular flexibility index (Phi) is 5.00. The van der Waals surface area contributed by atoms with Gasteiger partial charge in [0, 0.05) is 16.1 Å². The minimum Gasteiger partial charge on any atom is -0.326 e. The number of amides is 1. The fourth-order valence-corrected chi connectivity index (χ4v) is 3.70. The van der Waals surface area contributed by atoms with Crippen molar-refractivity contribution < 1.29 is 4.79 Å². The second kappa shape index (κ2) is 7.19. The van der Waals surface area contributed by atoms with Gasteiger partial charge in [-0.25, -0.2) is 4.98 Å². The summed E-state index contributed by atoms with van der Waals surface area (Å²) in [6.45, 7) is 8.28. The van der Waals surface area contributed by atoms with Gasteiger partial charge in [0.2, 0.25) is 5.91 Å². The van der Waals surface area contributed by atoms with Crippen LogP contribution >= 0.6 is 11.3 Å². The van der Waals surface area contributed by atoms with Crippen LogP contribution in [0, 0.1) is 27.7 Å². The number of nitrogens with zero attached hydrogens (tertiary/aromatic N) is 1. The minimum atomic E-state index is -0.0361. The molecule has 4 heteroatoms. The van der Waals surface area contributed by atoms with E-state index in [0.29, 0.717) is 6.42 Å². The van der Waals surface area contributed by atoms with Gasteiger partial charge in [0.1, 0.15) is 5.01 Å². The van der Waals surface area contributed by atoms with Crippen LogP contribution in [-0.2, 0) is 11.2 Å². The second-order valence-electron chi connectivity index (χ2n) is 6.41. The smallest absolute Gasteiger partial charge is 0.231 e. The number of hydrogen-bond donors (Lipinski definition) is 1. The first-order valence-corrected chi connectivity index (χ1v) is 9.14. The molecule has 0 aliphatic rings. The first-order chi connectivity index (χ1) is 11.9. The van der Waals surface area contributed by atoms with Crippen LogP contribution in [0.1, 0.15) is 26.6 Å². The molecule has 0 fully saturated rings. The van der Waals surface area contributed by atoms with Gasteiger partial charge in [0.15, 0.2) is 0 Å². The maximum absolute atomic E-state index is 12.3. The molecule has 0 spiro atoms. The van der Waals surface area contributed by atoms with E-state index in [4.69, 9.17) is 4.98 Å². The van der Waals surface area contributed by atoms with Crippen LogP contribution in [0.2, 0.25) is 0 Å². The standard InChI is InChI=1S/C21H22N2OS/c1-13-6-5-7-18(10-13)22-19(24)12-20-23-21(16(4)25-20)17-9-8-14(2)15(3)11-17/h5-11H,12H2,1-4H3,(H,22,24). The first-order valence-electron chi connectivity index (χ1n) is 8.33. The van der Waals surface area contributed by atoms with Gasteiger partial charge in [-0.05, 0) is 62.6 Å². The molecule has 0 saturated carbocycles. The van der Waals surface area contributed by atoms with Gasteiger partial charge in [-0.2, -0.15) is 0 Å². The van der Waals surface area contributed by atoms with Gasteiger partial charge < -0.3 is 5.32 Å². The molecule has 1 N–H and O–H groups in total. The third-order valence-electron chi connectivity index (χ3n) is 4.23.